The lowest BCUT2D eigenvalue weighted by Crippen LogP contribution is -2.33. The van der Waals surface area contributed by atoms with E-state index in [1.54, 1.807) is 0 Å². The van der Waals surface area contributed by atoms with Gasteiger partial charge in [-0.2, -0.15) is 17.0 Å². The number of hydrogen-bond acceptors (Lipinski definition) is 3. The first-order valence-corrected chi connectivity index (χ1v) is 7.26. The Labute approximate surface area is 109 Å². The summed E-state index contributed by atoms with van der Waals surface area (Å²) >= 11 is 1.85. The third-order valence-electron chi connectivity index (χ3n) is 3.03. The average Bonchev–Trinajstić information content (AvgIpc) is 2.34. The van der Waals surface area contributed by atoms with Crippen LogP contribution in [0.4, 0.5) is 5.69 Å². The predicted molar refractivity (Wildman–Crippen MR) is 76.8 cm³/mol. The molecule has 0 aliphatic carbocycles. The van der Waals surface area contributed by atoms with Crippen LogP contribution in [0.3, 0.4) is 0 Å². The highest BCUT2D eigenvalue weighted by molar-refractivity contribution is 7.98. The lowest BCUT2D eigenvalue weighted by Gasteiger charge is -2.29. The zero-order chi connectivity index (χ0) is 12.8. The summed E-state index contributed by atoms with van der Waals surface area (Å²) < 4.78 is 0. The Kier molecular flexibility index (Phi) is 5.37. The van der Waals surface area contributed by atoms with Gasteiger partial charge in [-0.15, -0.1) is 0 Å². The highest BCUT2D eigenvalue weighted by Gasteiger charge is 2.15. The summed E-state index contributed by atoms with van der Waals surface area (Å²) in [5.74, 6) is 1.09. The first-order valence-electron chi connectivity index (χ1n) is 5.86. The number of nitriles is 1. The maximum Gasteiger partial charge on any atom is 0.101 e. The topological polar surface area (TPSA) is 27.0 Å². The van der Waals surface area contributed by atoms with E-state index in [4.69, 9.17) is 0 Å². The Morgan fingerprint density at radius 2 is 2.18 bits per heavy atom. The molecule has 17 heavy (non-hydrogen) atoms. The van der Waals surface area contributed by atoms with Gasteiger partial charge in [-0.05, 0) is 37.3 Å². The molecule has 1 aromatic rings. The largest absolute Gasteiger partial charge is 0.370 e. The number of benzene rings is 1. The molecule has 1 aromatic carbocycles. The monoisotopic (exact) mass is 248 g/mol. The van der Waals surface area contributed by atoms with Crippen LogP contribution in [0.25, 0.3) is 0 Å². The zero-order valence-corrected chi connectivity index (χ0v) is 11.8. The smallest absolute Gasteiger partial charge is 0.101 e. The number of aryl methyl sites for hydroxylation is 1. The van der Waals surface area contributed by atoms with Crippen LogP contribution in [0.5, 0.6) is 0 Å². The van der Waals surface area contributed by atoms with Crippen LogP contribution < -0.4 is 4.90 Å². The minimum Gasteiger partial charge on any atom is -0.370 e. The molecule has 0 fully saturated rings. The summed E-state index contributed by atoms with van der Waals surface area (Å²) in [5.41, 5.74) is 2.95. The Hall–Kier alpha value is -1.14. The van der Waals surface area contributed by atoms with E-state index in [0.29, 0.717) is 6.04 Å². The summed E-state index contributed by atoms with van der Waals surface area (Å²) in [4.78, 5) is 2.23. The van der Waals surface area contributed by atoms with Crippen molar-refractivity contribution in [1.29, 1.82) is 5.26 Å². The van der Waals surface area contributed by atoms with Crippen LogP contribution in [0.1, 0.15) is 24.5 Å². The van der Waals surface area contributed by atoms with Crippen molar-refractivity contribution in [3.63, 3.8) is 0 Å². The van der Waals surface area contributed by atoms with Gasteiger partial charge >= 0.3 is 0 Å². The van der Waals surface area contributed by atoms with Crippen molar-refractivity contribution in [1.82, 2.24) is 0 Å². The second kappa shape index (κ2) is 6.56. The summed E-state index contributed by atoms with van der Waals surface area (Å²) in [6.45, 7) is 4.21. The van der Waals surface area contributed by atoms with Crippen LogP contribution in [0, 0.1) is 18.3 Å². The Bertz CT molecular complexity index is 409. The molecule has 1 atom stereocenters. The third-order valence-corrected chi connectivity index (χ3v) is 3.75. The standard InChI is InChI=1S/C14H20N2S/c1-5-13(10-17-4)16(3)14-7-6-11(2)8-12(14)9-15/h6-8,13H,5,10H2,1-4H3. The van der Waals surface area contributed by atoms with Gasteiger partial charge in [0.15, 0.2) is 0 Å². The van der Waals surface area contributed by atoms with E-state index in [1.165, 1.54) is 0 Å². The predicted octanol–water partition coefficient (Wildman–Crippen LogP) is 3.44. The highest BCUT2D eigenvalue weighted by atomic mass is 32.2. The molecule has 1 unspecified atom stereocenters. The number of hydrogen-bond donors (Lipinski definition) is 0. The molecule has 0 saturated heterocycles. The highest BCUT2D eigenvalue weighted by Crippen LogP contribution is 2.24. The summed E-state index contributed by atoms with van der Waals surface area (Å²) in [5, 5.41) is 9.19. The van der Waals surface area contributed by atoms with Crippen LogP contribution in [-0.2, 0) is 0 Å². The van der Waals surface area contributed by atoms with Gasteiger partial charge in [0.25, 0.3) is 0 Å². The number of anilines is 1. The van der Waals surface area contributed by atoms with Crippen LogP contribution in [0.15, 0.2) is 18.2 Å². The normalized spacial score (nSPS) is 11.9. The number of rotatable bonds is 5. The van der Waals surface area contributed by atoms with E-state index in [2.05, 4.69) is 43.3 Å². The van der Waals surface area contributed by atoms with Gasteiger partial charge in [0.2, 0.25) is 0 Å². The fourth-order valence-corrected chi connectivity index (χ4v) is 2.78. The molecule has 0 radical (unpaired) electrons. The minimum atomic E-state index is 0.486. The van der Waals surface area contributed by atoms with E-state index < -0.39 is 0 Å². The van der Waals surface area contributed by atoms with Crippen molar-refractivity contribution < 1.29 is 0 Å². The van der Waals surface area contributed by atoms with Crippen LogP contribution >= 0.6 is 11.8 Å². The minimum absolute atomic E-state index is 0.486. The van der Waals surface area contributed by atoms with Gasteiger partial charge < -0.3 is 4.90 Å². The molecular formula is C14H20N2S. The first-order chi connectivity index (χ1) is 8.13. The van der Waals surface area contributed by atoms with E-state index in [9.17, 15) is 5.26 Å². The van der Waals surface area contributed by atoms with Crippen molar-refractivity contribution in [2.45, 2.75) is 26.3 Å². The molecule has 92 valence electrons. The molecular weight excluding hydrogens is 228 g/mol. The molecule has 0 heterocycles. The molecule has 0 amide bonds. The number of thioether (sulfide) groups is 1. The Morgan fingerprint density at radius 3 is 2.71 bits per heavy atom. The van der Waals surface area contributed by atoms with Crippen molar-refractivity contribution in [2.24, 2.45) is 0 Å². The molecule has 3 heteroatoms. The quantitative estimate of drug-likeness (QED) is 0.798. The van der Waals surface area contributed by atoms with Gasteiger partial charge in [0.05, 0.1) is 11.3 Å². The van der Waals surface area contributed by atoms with Gasteiger partial charge in [-0.25, -0.2) is 0 Å². The van der Waals surface area contributed by atoms with Crippen LogP contribution in [0.2, 0.25) is 0 Å². The van der Waals surface area contributed by atoms with Gasteiger partial charge in [-0.1, -0.05) is 13.0 Å². The van der Waals surface area contributed by atoms with Crippen molar-refractivity contribution >= 4 is 17.4 Å². The Balaban J connectivity index is 3.02. The summed E-state index contributed by atoms with van der Waals surface area (Å²) in [6, 6.07) is 8.85. The maximum absolute atomic E-state index is 9.19. The van der Waals surface area contributed by atoms with Gasteiger partial charge in [0, 0.05) is 18.8 Å². The SMILES string of the molecule is CCC(CSC)N(C)c1ccc(C)cc1C#N. The van der Waals surface area contributed by atoms with Crippen LogP contribution in [-0.4, -0.2) is 25.1 Å². The van der Waals surface area contributed by atoms with E-state index in [1.807, 2.05) is 24.8 Å². The molecule has 0 bridgehead atoms. The molecule has 0 saturated carbocycles. The lowest BCUT2D eigenvalue weighted by molar-refractivity contribution is 0.672. The van der Waals surface area contributed by atoms with E-state index in [-0.39, 0.29) is 0 Å². The second-order valence-electron chi connectivity index (χ2n) is 4.26. The first kappa shape index (κ1) is 13.9. The third kappa shape index (κ3) is 3.41. The van der Waals surface area contributed by atoms with E-state index in [0.717, 1.165) is 29.0 Å². The zero-order valence-electron chi connectivity index (χ0n) is 11.0. The molecule has 1 rings (SSSR count). The molecule has 0 N–H and O–H groups in total. The van der Waals surface area contributed by atoms with Gasteiger partial charge in [-0.3, -0.25) is 0 Å². The van der Waals surface area contributed by atoms with Crippen molar-refractivity contribution in [3.05, 3.63) is 29.3 Å². The molecule has 0 aliphatic rings. The molecule has 2 nitrogen and oxygen atoms in total. The fraction of sp³-hybridized carbons (Fsp3) is 0.500. The summed E-state index contributed by atoms with van der Waals surface area (Å²) in [7, 11) is 2.08. The van der Waals surface area contributed by atoms with Crippen molar-refractivity contribution in [2.75, 3.05) is 24.0 Å². The molecule has 0 aliphatic heterocycles. The molecule has 0 spiro atoms. The summed E-state index contributed by atoms with van der Waals surface area (Å²) in [6.07, 6.45) is 3.22. The second-order valence-corrected chi connectivity index (χ2v) is 5.17. The van der Waals surface area contributed by atoms with E-state index >= 15 is 0 Å². The Morgan fingerprint density at radius 1 is 1.47 bits per heavy atom. The number of nitrogens with zero attached hydrogens (tertiary/aromatic N) is 2. The van der Waals surface area contributed by atoms with Crippen molar-refractivity contribution in [3.8, 4) is 6.07 Å². The average molecular weight is 248 g/mol. The van der Waals surface area contributed by atoms with Gasteiger partial charge in [0.1, 0.15) is 6.07 Å². The maximum atomic E-state index is 9.19. The fourth-order valence-electron chi connectivity index (χ4n) is 1.94. The lowest BCUT2D eigenvalue weighted by atomic mass is 10.1. The molecule has 0 aromatic heterocycles.